The van der Waals surface area contributed by atoms with Gasteiger partial charge in [0.15, 0.2) is 16.6 Å². The number of aromatic hydroxyl groups is 1. The Morgan fingerprint density at radius 2 is 1.88 bits per heavy atom. The Labute approximate surface area is 284 Å². The number of nitrogens with one attached hydrogen (secondary N) is 3. The zero-order chi connectivity index (χ0) is 37.1. The van der Waals surface area contributed by atoms with E-state index in [1.807, 2.05) is 0 Å². The van der Waals surface area contributed by atoms with Gasteiger partial charge >= 0.3 is 16.3 Å². The molecule has 21 nitrogen and oxygen atoms in total. The van der Waals surface area contributed by atoms with Crippen molar-refractivity contribution in [2.45, 2.75) is 38.0 Å². The Morgan fingerprint density at radius 3 is 2.50 bits per heavy atom. The highest BCUT2D eigenvalue weighted by atomic mass is 32.2. The number of hydrogen-bond donors (Lipinski definition) is 8. The van der Waals surface area contributed by atoms with Crippen molar-refractivity contribution in [3.63, 3.8) is 0 Å². The smallest absolute Gasteiger partial charge is 0.362 e. The molecule has 0 unspecified atom stereocenters. The van der Waals surface area contributed by atoms with E-state index in [9.17, 15) is 57.2 Å². The molecular formula is C27H28N8O13S2. The van der Waals surface area contributed by atoms with Gasteiger partial charge in [-0.2, -0.15) is 13.1 Å². The number of thiazole rings is 1. The molecule has 0 saturated carbocycles. The molecule has 50 heavy (non-hydrogen) atoms. The number of aromatic nitrogens is 2. The van der Waals surface area contributed by atoms with Crippen LogP contribution < -0.4 is 27.1 Å². The average molecular weight is 737 g/mol. The highest BCUT2D eigenvalue weighted by Gasteiger charge is 2.54. The van der Waals surface area contributed by atoms with Gasteiger partial charge in [0.1, 0.15) is 17.4 Å². The average Bonchev–Trinajstić information content (AvgIpc) is 3.44. The number of hydrogen-bond acceptors (Lipinski definition) is 15. The summed E-state index contributed by atoms with van der Waals surface area (Å²) in [7, 11) is -5.16. The number of anilines is 2. The zero-order valence-electron chi connectivity index (χ0n) is 25.8. The van der Waals surface area contributed by atoms with Crippen LogP contribution in [0.1, 0.15) is 35.6 Å². The van der Waals surface area contributed by atoms with Crippen molar-refractivity contribution in [1.82, 2.24) is 24.7 Å². The number of carbonyl (C=O) groups excluding carboxylic acids is 4. The minimum Gasteiger partial charge on any atom is -0.503 e. The topological polar surface area (TPSA) is 322 Å². The predicted octanol–water partition coefficient (Wildman–Crippen LogP) is -1.48. The number of oxime groups is 1. The quantitative estimate of drug-likeness (QED) is 0.0326. The zero-order valence-corrected chi connectivity index (χ0v) is 27.4. The molecule has 3 heterocycles. The summed E-state index contributed by atoms with van der Waals surface area (Å²) in [6.07, 6.45) is 0.282. The number of aliphatic carboxylic acids is 1. The van der Waals surface area contributed by atoms with Crippen LogP contribution in [-0.4, -0.2) is 102 Å². The predicted molar refractivity (Wildman–Crippen MR) is 171 cm³/mol. The number of carboxylic acids is 1. The SMILES string of the molecule is CC(C)(ON=C(C(=O)N[C@@H]1C(=O)N(S(=O)(=O)O)[C@H]1CNC(=O)Cc1cccc(NC(=O)c2cc(=O)c(O)cn2O)c1)c1csc(N)n1)C(=O)O. The van der Waals surface area contributed by atoms with Crippen LogP contribution in [0.4, 0.5) is 10.8 Å². The lowest BCUT2D eigenvalue weighted by Crippen LogP contribution is -2.74. The number of carbonyl (C=O) groups is 5. The van der Waals surface area contributed by atoms with Gasteiger partial charge in [-0.3, -0.25) is 28.5 Å². The Kier molecular flexibility index (Phi) is 10.4. The lowest BCUT2D eigenvalue weighted by molar-refractivity contribution is -0.161. The molecule has 23 heteroatoms. The van der Waals surface area contributed by atoms with Gasteiger partial charge in [-0.05, 0) is 31.5 Å². The first-order valence-electron chi connectivity index (χ1n) is 13.9. The van der Waals surface area contributed by atoms with Crippen LogP contribution in [0, 0.1) is 0 Å². The van der Waals surface area contributed by atoms with Gasteiger partial charge < -0.3 is 41.9 Å². The summed E-state index contributed by atoms with van der Waals surface area (Å²) in [5, 5.41) is 40.4. The van der Waals surface area contributed by atoms with E-state index in [-0.39, 0.29) is 32.0 Å². The van der Waals surface area contributed by atoms with Crippen LogP contribution in [0.3, 0.4) is 0 Å². The Hall–Kier alpha value is -6.07. The Balaban J connectivity index is 1.46. The van der Waals surface area contributed by atoms with E-state index in [4.69, 9.17) is 10.6 Å². The summed E-state index contributed by atoms with van der Waals surface area (Å²) >= 11 is 0.897. The molecule has 3 aromatic rings. The molecule has 0 spiro atoms. The summed E-state index contributed by atoms with van der Waals surface area (Å²) in [4.78, 5) is 83.4. The van der Waals surface area contributed by atoms with E-state index in [0.29, 0.717) is 17.8 Å². The molecule has 2 atom stereocenters. The molecule has 2 aromatic heterocycles. The third-order valence-electron chi connectivity index (χ3n) is 6.87. The number of nitrogen functional groups attached to an aromatic ring is 1. The fourth-order valence-corrected chi connectivity index (χ4v) is 5.70. The third kappa shape index (κ3) is 8.31. The van der Waals surface area contributed by atoms with Crippen LogP contribution in [-0.2, 0) is 40.7 Å². The van der Waals surface area contributed by atoms with Crippen molar-refractivity contribution in [3.05, 3.63) is 69.1 Å². The van der Waals surface area contributed by atoms with E-state index in [2.05, 4.69) is 26.1 Å². The second-order valence-corrected chi connectivity index (χ2v) is 13.1. The first-order valence-corrected chi connectivity index (χ1v) is 16.2. The van der Waals surface area contributed by atoms with Crippen LogP contribution >= 0.6 is 11.3 Å². The van der Waals surface area contributed by atoms with Gasteiger partial charge in [-0.1, -0.05) is 17.3 Å². The summed E-state index contributed by atoms with van der Waals surface area (Å²) < 4.78 is 33.8. The molecule has 9 N–H and O–H groups in total. The van der Waals surface area contributed by atoms with Crippen molar-refractivity contribution in [2.75, 3.05) is 17.6 Å². The second kappa shape index (κ2) is 14.2. The van der Waals surface area contributed by atoms with Crippen molar-refractivity contribution in [3.8, 4) is 5.75 Å². The van der Waals surface area contributed by atoms with Crippen molar-refractivity contribution in [1.29, 1.82) is 0 Å². The van der Waals surface area contributed by atoms with Crippen LogP contribution in [0.25, 0.3) is 0 Å². The fraction of sp³-hybridized carbons (Fsp3) is 0.259. The van der Waals surface area contributed by atoms with Gasteiger partial charge in [0, 0.05) is 23.7 Å². The molecule has 1 aromatic carbocycles. The second-order valence-electron chi connectivity index (χ2n) is 10.9. The van der Waals surface area contributed by atoms with Gasteiger partial charge in [0.2, 0.25) is 16.9 Å². The summed E-state index contributed by atoms with van der Waals surface area (Å²) in [5.41, 5.74) is 1.99. The number of benzene rings is 1. The molecule has 0 bridgehead atoms. The summed E-state index contributed by atoms with van der Waals surface area (Å²) in [6.45, 7) is 1.68. The van der Waals surface area contributed by atoms with Crippen LogP contribution in [0.5, 0.6) is 5.75 Å². The summed E-state index contributed by atoms with van der Waals surface area (Å²) in [6, 6.07) is 3.30. The maximum Gasteiger partial charge on any atom is 0.362 e. The number of carboxylic acid groups (broad SMARTS) is 1. The maximum absolute atomic E-state index is 13.2. The highest BCUT2D eigenvalue weighted by Crippen LogP contribution is 2.24. The lowest BCUT2D eigenvalue weighted by Gasteiger charge is -2.44. The number of nitrogens with zero attached hydrogens (tertiary/aromatic N) is 4. The minimum absolute atomic E-state index is 0.00255. The number of rotatable bonds is 13. The highest BCUT2D eigenvalue weighted by molar-refractivity contribution is 7.84. The minimum atomic E-state index is -5.16. The van der Waals surface area contributed by atoms with E-state index < -0.39 is 86.7 Å². The molecule has 4 amide bonds. The van der Waals surface area contributed by atoms with Gasteiger partial charge in [0.05, 0.1) is 18.7 Å². The van der Waals surface area contributed by atoms with E-state index in [1.54, 1.807) is 0 Å². The fourth-order valence-electron chi connectivity index (χ4n) is 4.27. The van der Waals surface area contributed by atoms with Gasteiger partial charge in [-0.25, -0.2) is 14.1 Å². The van der Waals surface area contributed by atoms with Gasteiger partial charge in [-0.15, -0.1) is 11.3 Å². The molecule has 0 radical (unpaired) electrons. The standard InChI is InChI=1S/C27H28N8O13S2/c1-27(2,25(42)43)48-33-20(14-11-49-26(28)31-14)23(40)32-21-16(35(24(21)41)50(45,46)47)9-29-19(38)7-12-4-3-5-13(6-12)30-22(39)15-8-17(36)18(37)10-34(15)44/h3-6,8,10-11,16,21,37,44H,7,9H2,1-2H3,(H2,28,31)(H,29,38)(H,30,39)(H,32,40)(H,42,43)(H,45,46,47)/t16-,21-/m0/s1. The number of amides is 4. The maximum atomic E-state index is 13.2. The first-order chi connectivity index (χ1) is 23.3. The first kappa shape index (κ1) is 36.8. The summed E-state index contributed by atoms with van der Waals surface area (Å²) in [5.74, 6) is -6.30. The monoisotopic (exact) mass is 736 g/mol. The van der Waals surface area contributed by atoms with E-state index in [1.165, 1.54) is 29.6 Å². The number of pyridine rings is 1. The molecule has 266 valence electrons. The Bertz CT molecular complexity index is 2080. The van der Waals surface area contributed by atoms with Crippen molar-refractivity contribution < 1.29 is 57.2 Å². The molecular weight excluding hydrogens is 708 g/mol. The largest absolute Gasteiger partial charge is 0.503 e. The molecule has 1 aliphatic rings. The molecule has 1 fully saturated rings. The molecule has 4 rings (SSSR count). The molecule has 1 aliphatic heterocycles. The lowest BCUT2D eigenvalue weighted by atomic mass is 9.98. The molecule has 0 aliphatic carbocycles. The molecule has 1 saturated heterocycles. The number of β-lactam (4-membered cyclic amide) rings is 1. The van der Waals surface area contributed by atoms with Crippen molar-refractivity contribution >= 4 is 67.8 Å². The third-order valence-corrected chi connectivity index (χ3v) is 8.49. The van der Waals surface area contributed by atoms with Crippen LogP contribution in [0.15, 0.2) is 51.9 Å². The normalized spacial score (nSPS) is 16.3. The van der Waals surface area contributed by atoms with Crippen molar-refractivity contribution in [2.24, 2.45) is 5.16 Å². The van der Waals surface area contributed by atoms with Crippen LogP contribution in [0.2, 0.25) is 0 Å². The Morgan fingerprint density at radius 1 is 1.18 bits per heavy atom. The van der Waals surface area contributed by atoms with E-state index >= 15 is 0 Å². The van der Waals surface area contributed by atoms with E-state index in [0.717, 1.165) is 25.2 Å². The number of nitrogens with two attached hydrogens (primary N) is 1. The van der Waals surface area contributed by atoms with Gasteiger partial charge in [0.25, 0.3) is 17.7 Å².